The number of rotatable bonds is 2. The van der Waals surface area contributed by atoms with Gasteiger partial charge in [-0.15, -0.1) is 0 Å². The van der Waals surface area contributed by atoms with Gasteiger partial charge in [-0.25, -0.2) is 4.90 Å². The number of fused-ring (bicyclic) bond motifs is 1. The number of benzene rings is 1. The van der Waals surface area contributed by atoms with Crippen molar-refractivity contribution in [3.63, 3.8) is 0 Å². The Morgan fingerprint density at radius 1 is 1.56 bits per heavy atom. The number of hydrogen-bond acceptors (Lipinski definition) is 5. The number of nitrogens with two attached hydrogens (primary N) is 1. The van der Waals surface area contributed by atoms with Crippen molar-refractivity contribution >= 4 is 17.5 Å². The van der Waals surface area contributed by atoms with Crippen molar-refractivity contribution in [1.82, 2.24) is 0 Å². The van der Waals surface area contributed by atoms with Crippen LogP contribution in [0.2, 0.25) is 0 Å². The highest BCUT2D eigenvalue weighted by Gasteiger charge is 2.35. The number of ether oxygens (including phenoxy) is 1. The van der Waals surface area contributed by atoms with E-state index in [9.17, 15) is 9.59 Å². The van der Waals surface area contributed by atoms with Crippen molar-refractivity contribution in [2.24, 2.45) is 5.73 Å². The lowest BCUT2D eigenvalue weighted by Gasteiger charge is -2.31. The molecule has 0 fully saturated rings. The molecule has 0 bridgehead atoms. The van der Waals surface area contributed by atoms with E-state index in [1.165, 1.54) is 0 Å². The molecule has 1 unspecified atom stereocenters. The van der Waals surface area contributed by atoms with Crippen LogP contribution < -0.4 is 15.4 Å². The van der Waals surface area contributed by atoms with Crippen molar-refractivity contribution < 1.29 is 19.4 Å². The monoisotopic (exact) mass is 250 g/mol. The highest BCUT2D eigenvalue weighted by Crippen LogP contribution is 2.34. The number of amides is 2. The standard InChI is InChI=1S/C12H14N2O4/c1-7-12(17)14(11(16)6-15)9-4-8(5-13)2-3-10(9)18-7/h2-4,7,15H,5-6,13H2,1H3. The summed E-state index contributed by atoms with van der Waals surface area (Å²) in [6, 6.07) is 5.05. The average Bonchev–Trinajstić information content (AvgIpc) is 2.39. The summed E-state index contributed by atoms with van der Waals surface area (Å²) < 4.78 is 5.40. The van der Waals surface area contributed by atoms with E-state index < -0.39 is 24.5 Å². The van der Waals surface area contributed by atoms with Crippen molar-refractivity contribution in [2.45, 2.75) is 19.6 Å². The number of nitrogens with zero attached hydrogens (tertiary/aromatic N) is 1. The van der Waals surface area contributed by atoms with Crippen molar-refractivity contribution in [1.29, 1.82) is 0 Å². The van der Waals surface area contributed by atoms with Crippen LogP contribution >= 0.6 is 0 Å². The van der Waals surface area contributed by atoms with Crippen LogP contribution in [0.5, 0.6) is 5.75 Å². The molecule has 1 aliphatic rings. The van der Waals surface area contributed by atoms with Crippen LogP contribution in [0.15, 0.2) is 18.2 Å². The lowest BCUT2D eigenvalue weighted by molar-refractivity contribution is -0.132. The van der Waals surface area contributed by atoms with Crippen LogP contribution in [0.1, 0.15) is 12.5 Å². The van der Waals surface area contributed by atoms with Crippen LogP contribution in [0.4, 0.5) is 5.69 Å². The maximum atomic E-state index is 11.9. The molecule has 6 nitrogen and oxygen atoms in total. The van der Waals surface area contributed by atoms with Crippen LogP contribution in [0, 0.1) is 0 Å². The molecule has 96 valence electrons. The summed E-state index contributed by atoms with van der Waals surface area (Å²) in [5, 5.41) is 8.93. The van der Waals surface area contributed by atoms with E-state index in [-0.39, 0.29) is 6.54 Å². The second-order valence-corrected chi connectivity index (χ2v) is 3.99. The molecule has 18 heavy (non-hydrogen) atoms. The molecule has 1 heterocycles. The summed E-state index contributed by atoms with van der Waals surface area (Å²) in [6.07, 6.45) is -0.753. The maximum absolute atomic E-state index is 11.9. The quantitative estimate of drug-likeness (QED) is 0.756. The van der Waals surface area contributed by atoms with Crippen molar-refractivity contribution in [2.75, 3.05) is 11.5 Å². The first-order valence-electron chi connectivity index (χ1n) is 5.55. The predicted octanol–water partition coefficient (Wildman–Crippen LogP) is -0.222. The number of anilines is 1. The molecule has 1 aromatic rings. The second-order valence-electron chi connectivity index (χ2n) is 3.99. The molecule has 1 atom stereocenters. The molecule has 0 spiro atoms. The number of imide groups is 1. The predicted molar refractivity (Wildman–Crippen MR) is 64.0 cm³/mol. The Morgan fingerprint density at radius 3 is 2.89 bits per heavy atom. The molecule has 0 aliphatic carbocycles. The molecule has 0 radical (unpaired) electrons. The average molecular weight is 250 g/mol. The van der Waals surface area contributed by atoms with Gasteiger partial charge in [0.25, 0.3) is 11.8 Å². The molecule has 1 aromatic carbocycles. The lowest BCUT2D eigenvalue weighted by Crippen LogP contribution is -2.48. The first kappa shape index (κ1) is 12.5. The highest BCUT2D eigenvalue weighted by atomic mass is 16.5. The van der Waals surface area contributed by atoms with Gasteiger partial charge >= 0.3 is 0 Å². The van der Waals surface area contributed by atoms with E-state index in [1.807, 2.05) is 0 Å². The minimum Gasteiger partial charge on any atom is -0.479 e. The van der Waals surface area contributed by atoms with E-state index in [1.54, 1.807) is 25.1 Å². The van der Waals surface area contributed by atoms with E-state index in [4.69, 9.17) is 15.6 Å². The first-order chi connectivity index (χ1) is 8.58. The summed E-state index contributed by atoms with van der Waals surface area (Å²) in [5.41, 5.74) is 6.63. The summed E-state index contributed by atoms with van der Waals surface area (Å²) in [5.74, 6) is -0.734. The summed E-state index contributed by atoms with van der Waals surface area (Å²) in [6.45, 7) is 1.11. The number of hydrogen-bond donors (Lipinski definition) is 2. The van der Waals surface area contributed by atoms with Crippen LogP contribution in [0.25, 0.3) is 0 Å². The maximum Gasteiger partial charge on any atom is 0.274 e. The fourth-order valence-corrected chi connectivity index (χ4v) is 1.83. The third-order valence-corrected chi connectivity index (χ3v) is 2.76. The lowest BCUT2D eigenvalue weighted by atomic mass is 10.1. The van der Waals surface area contributed by atoms with Gasteiger partial charge in [0.2, 0.25) is 0 Å². The fraction of sp³-hybridized carbons (Fsp3) is 0.333. The first-order valence-corrected chi connectivity index (χ1v) is 5.55. The summed E-state index contributed by atoms with van der Waals surface area (Å²) in [4.78, 5) is 24.5. The smallest absolute Gasteiger partial charge is 0.274 e. The van der Waals surface area contributed by atoms with E-state index in [0.29, 0.717) is 11.4 Å². The van der Waals surface area contributed by atoms with Gasteiger partial charge in [0.1, 0.15) is 12.4 Å². The Bertz CT molecular complexity index is 501. The molecular formula is C12H14N2O4. The van der Waals surface area contributed by atoms with E-state index >= 15 is 0 Å². The number of aliphatic hydroxyl groups excluding tert-OH is 1. The molecule has 0 saturated heterocycles. The molecule has 1 aliphatic heterocycles. The molecule has 6 heteroatoms. The zero-order valence-corrected chi connectivity index (χ0v) is 9.92. The van der Waals surface area contributed by atoms with Gasteiger partial charge in [-0.1, -0.05) is 6.07 Å². The second kappa shape index (κ2) is 4.75. The van der Waals surface area contributed by atoms with Crippen molar-refractivity contribution in [3.05, 3.63) is 23.8 Å². The summed E-state index contributed by atoms with van der Waals surface area (Å²) >= 11 is 0. The Balaban J connectivity index is 2.53. The molecule has 3 N–H and O–H groups in total. The molecule has 2 rings (SSSR count). The third-order valence-electron chi connectivity index (χ3n) is 2.76. The van der Waals surface area contributed by atoms with Gasteiger partial charge < -0.3 is 15.6 Å². The van der Waals surface area contributed by atoms with Gasteiger partial charge in [0.15, 0.2) is 6.10 Å². The van der Waals surface area contributed by atoms with Crippen LogP contribution in [0.3, 0.4) is 0 Å². The van der Waals surface area contributed by atoms with Gasteiger partial charge in [0, 0.05) is 6.54 Å². The van der Waals surface area contributed by atoms with Gasteiger partial charge in [-0.05, 0) is 24.6 Å². The zero-order chi connectivity index (χ0) is 13.3. The Morgan fingerprint density at radius 2 is 2.28 bits per heavy atom. The van der Waals surface area contributed by atoms with Crippen LogP contribution in [-0.4, -0.2) is 29.6 Å². The largest absolute Gasteiger partial charge is 0.479 e. The Hall–Kier alpha value is -1.92. The number of aliphatic hydroxyl groups is 1. The highest BCUT2D eigenvalue weighted by molar-refractivity contribution is 6.18. The zero-order valence-electron chi connectivity index (χ0n) is 9.92. The Kier molecular flexibility index (Phi) is 3.31. The topological polar surface area (TPSA) is 92.9 Å². The Labute approximate surface area is 104 Å². The number of carbonyl (C=O) groups excluding carboxylic acids is 2. The molecule has 0 aromatic heterocycles. The molecule has 0 saturated carbocycles. The van der Waals surface area contributed by atoms with Gasteiger partial charge in [-0.3, -0.25) is 9.59 Å². The van der Waals surface area contributed by atoms with Crippen molar-refractivity contribution in [3.8, 4) is 5.75 Å². The normalized spacial score (nSPS) is 18.3. The van der Waals surface area contributed by atoms with E-state index in [0.717, 1.165) is 10.5 Å². The summed E-state index contributed by atoms with van der Waals surface area (Å²) in [7, 11) is 0. The minimum absolute atomic E-state index is 0.290. The minimum atomic E-state index is -0.753. The van der Waals surface area contributed by atoms with Gasteiger partial charge in [0.05, 0.1) is 5.69 Å². The molecule has 2 amide bonds. The fourth-order valence-electron chi connectivity index (χ4n) is 1.83. The van der Waals surface area contributed by atoms with E-state index in [2.05, 4.69) is 0 Å². The molecular weight excluding hydrogens is 236 g/mol. The van der Waals surface area contributed by atoms with Gasteiger partial charge in [-0.2, -0.15) is 0 Å². The SMILES string of the molecule is CC1Oc2ccc(CN)cc2N(C(=O)CO)C1=O. The number of carbonyl (C=O) groups is 2. The van der Waals surface area contributed by atoms with Crippen LogP contribution in [-0.2, 0) is 16.1 Å². The third kappa shape index (κ3) is 1.96.